The van der Waals surface area contributed by atoms with Crippen molar-refractivity contribution in [3.63, 3.8) is 0 Å². The third-order valence-corrected chi connectivity index (χ3v) is 5.02. The molecule has 0 fully saturated rings. The van der Waals surface area contributed by atoms with E-state index in [0.29, 0.717) is 5.02 Å². The average Bonchev–Trinajstić information content (AvgIpc) is 2.55. The molecule has 0 spiro atoms. The van der Waals surface area contributed by atoms with Crippen molar-refractivity contribution in [2.45, 2.75) is 5.03 Å². The molecule has 0 radical (unpaired) electrons. The first-order valence-electron chi connectivity index (χ1n) is 7.08. The lowest BCUT2D eigenvalue weighted by molar-refractivity contribution is 0.832. The quantitative estimate of drug-likeness (QED) is 0.614. The molecule has 8 heteroatoms. The van der Waals surface area contributed by atoms with Gasteiger partial charge in [0.2, 0.25) is 0 Å². The summed E-state index contributed by atoms with van der Waals surface area (Å²) >= 11 is 10.9. The average molecular weight is 421 g/mol. The fourth-order valence-electron chi connectivity index (χ4n) is 2.28. The highest BCUT2D eigenvalue weighted by molar-refractivity contribution is 9.10. The summed E-state index contributed by atoms with van der Waals surface area (Å²) in [5.41, 5.74) is 5.66. The number of aromatic nitrogens is 2. The number of fused-ring (bicyclic) bond motifs is 2. The Morgan fingerprint density at radius 3 is 2.71 bits per heavy atom. The SMILES string of the molecule is CN1NC(=Nc2ccc(Br)cc2)Sc2nc3cc(Cl)ccc3nc21. The van der Waals surface area contributed by atoms with Gasteiger partial charge in [0.1, 0.15) is 5.03 Å². The number of hydrogen-bond acceptors (Lipinski definition) is 5. The van der Waals surface area contributed by atoms with Crippen LogP contribution in [0.25, 0.3) is 11.0 Å². The Kier molecular flexibility index (Phi) is 4.07. The Bertz CT molecular complexity index is 961. The number of nitrogens with one attached hydrogen (secondary N) is 1. The van der Waals surface area contributed by atoms with E-state index in [-0.39, 0.29) is 0 Å². The number of hydrogen-bond donors (Lipinski definition) is 1. The number of anilines is 1. The molecule has 24 heavy (non-hydrogen) atoms. The van der Waals surface area contributed by atoms with Crippen molar-refractivity contribution in [1.82, 2.24) is 15.4 Å². The zero-order valence-electron chi connectivity index (χ0n) is 12.5. The lowest BCUT2D eigenvalue weighted by Gasteiger charge is -2.27. The molecule has 0 amide bonds. The molecule has 3 aromatic rings. The van der Waals surface area contributed by atoms with Crippen LogP contribution in [0.5, 0.6) is 0 Å². The van der Waals surface area contributed by atoms with Crippen LogP contribution in [0.1, 0.15) is 0 Å². The van der Waals surface area contributed by atoms with Crippen molar-refractivity contribution in [1.29, 1.82) is 0 Å². The molecule has 0 saturated heterocycles. The molecule has 0 aliphatic carbocycles. The van der Waals surface area contributed by atoms with Crippen molar-refractivity contribution >= 4 is 67.0 Å². The first-order chi connectivity index (χ1) is 11.6. The number of rotatable bonds is 1. The summed E-state index contributed by atoms with van der Waals surface area (Å²) in [4.78, 5) is 13.9. The molecule has 0 saturated carbocycles. The Labute approximate surface area is 156 Å². The first-order valence-corrected chi connectivity index (χ1v) is 9.07. The number of benzene rings is 2. The summed E-state index contributed by atoms with van der Waals surface area (Å²) in [7, 11) is 1.89. The largest absolute Gasteiger partial charge is 0.275 e. The monoisotopic (exact) mass is 419 g/mol. The molecular formula is C16H11BrClN5S. The number of amidine groups is 1. The highest BCUT2D eigenvalue weighted by atomic mass is 79.9. The lowest BCUT2D eigenvalue weighted by atomic mass is 10.3. The van der Waals surface area contributed by atoms with Gasteiger partial charge in [-0.1, -0.05) is 27.5 Å². The molecule has 1 aliphatic heterocycles. The predicted octanol–water partition coefficient (Wildman–Crippen LogP) is 4.78. The molecule has 120 valence electrons. The Balaban J connectivity index is 1.74. The van der Waals surface area contributed by atoms with Gasteiger partial charge in [-0.25, -0.2) is 15.0 Å². The number of aliphatic imine (C=N–C) groups is 1. The molecule has 0 unspecified atom stereocenters. The summed E-state index contributed by atoms with van der Waals surface area (Å²) in [5.74, 6) is 0.768. The van der Waals surface area contributed by atoms with E-state index < -0.39 is 0 Å². The molecule has 1 aromatic heterocycles. The van der Waals surface area contributed by atoms with Gasteiger partial charge in [0.15, 0.2) is 11.0 Å². The van der Waals surface area contributed by atoms with Gasteiger partial charge in [-0.3, -0.25) is 10.4 Å². The summed E-state index contributed by atoms with van der Waals surface area (Å²) in [6.07, 6.45) is 0. The third-order valence-electron chi connectivity index (χ3n) is 3.41. The van der Waals surface area contributed by atoms with E-state index in [1.165, 1.54) is 11.8 Å². The minimum atomic E-state index is 0.646. The van der Waals surface area contributed by atoms with Crippen LogP contribution in [-0.2, 0) is 0 Å². The summed E-state index contributed by atoms with van der Waals surface area (Å²) < 4.78 is 1.02. The van der Waals surface area contributed by atoms with E-state index in [2.05, 4.69) is 36.3 Å². The molecule has 1 N–H and O–H groups in total. The molecule has 0 bridgehead atoms. The smallest absolute Gasteiger partial charge is 0.187 e. The van der Waals surface area contributed by atoms with Crippen molar-refractivity contribution in [3.8, 4) is 0 Å². The van der Waals surface area contributed by atoms with Gasteiger partial charge in [-0.15, -0.1) is 0 Å². The van der Waals surface area contributed by atoms with Gasteiger partial charge < -0.3 is 0 Å². The maximum atomic E-state index is 6.05. The lowest BCUT2D eigenvalue weighted by Crippen LogP contribution is -2.41. The maximum Gasteiger partial charge on any atom is 0.187 e. The molecule has 1 aliphatic rings. The van der Waals surface area contributed by atoms with Gasteiger partial charge in [-0.05, 0) is 54.2 Å². The second-order valence-corrected chi connectivity index (χ2v) is 7.48. The second-order valence-electron chi connectivity index (χ2n) is 5.15. The summed E-state index contributed by atoms with van der Waals surface area (Å²) in [5, 5.41) is 4.00. The first kappa shape index (κ1) is 15.7. The maximum absolute atomic E-state index is 6.05. The van der Waals surface area contributed by atoms with Crippen molar-refractivity contribution in [2.75, 3.05) is 12.1 Å². The van der Waals surface area contributed by atoms with E-state index in [4.69, 9.17) is 11.6 Å². The summed E-state index contributed by atoms with van der Waals surface area (Å²) in [6.45, 7) is 0. The highest BCUT2D eigenvalue weighted by Crippen LogP contribution is 2.33. The predicted molar refractivity (Wildman–Crippen MR) is 103 cm³/mol. The van der Waals surface area contributed by atoms with Crippen LogP contribution < -0.4 is 10.4 Å². The zero-order chi connectivity index (χ0) is 16.7. The van der Waals surface area contributed by atoms with Crippen molar-refractivity contribution in [2.24, 2.45) is 4.99 Å². The van der Waals surface area contributed by atoms with Crippen LogP contribution in [0.15, 0.2) is 57.0 Å². The minimum absolute atomic E-state index is 0.646. The van der Waals surface area contributed by atoms with E-state index >= 15 is 0 Å². The van der Waals surface area contributed by atoms with Gasteiger partial charge in [0.25, 0.3) is 0 Å². The number of hydrazine groups is 1. The molecule has 5 nitrogen and oxygen atoms in total. The second kappa shape index (κ2) is 6.23. The van der Waals surface area contributed by atoms with E-state index in [1.807, 2.05) is 54.5 Å². The van der Waals surface area contributed by atoms with E-state index in [9.17, 15) is 0 Å². The van der Waals surface area contributed by atoms with Crippen molar-refractivity contribution in [3.05, 3.63) is 52.0 Å². The van der Waals surface area contributed by atoms with Crippen LogP contribution in [0.3, 0.4) is 0 Å². The normalized spacial score (nSPS) is 15.5. The molecule has 2 heterocycles. The number of halogens is 2. The highest BCUT2D eigenvalue weighted by Gasteiger charge is 2.22. The Morgan fingerprint density at radius 2 is 1.92 bits per heavy atom. The van der Waals surface area contributed by atoms with Crippen molar-refractivity contribution < 1.29 is 0 Å². The molecule has 4 rings (SSSR count). The zero-order valence-corrected chi connectivity index (χ0v) is 15.7. The Hall–Kier alpha value is -1.83. The third kappa shape index (κ3) is 3.07. The standard InChI is InChI=1S/C16H11BrClN5S/c1-23-14-15(21-13-8-10(18)4-7-12(13)20-14)24-16(22-23)19-11-5-2-9(17)3-6-11/h2-8H,1H3,(H,19,22). The van der Waals surface area contributed by atoms with E-state index in [1.54, 1.807) is 0 Å². The number of thioether (sulfide) groups is 1. The van der Waals surface area contributed by atoms with Gasteiger partial charge in [0, 0.05) is 16.5 Å². The Morgan fingerprint density at radius 1 is 1.12 bits per heavy atom. The fourth-order valence-corrected chi connectivity index (χ4v) is 3.65. The molecule has 2 aromatic carbocycles. The minimum Gasteiger partial charge on any atom is -0.275 e. The van der Waals surface area contributed by atoms with Gasteiger partial charge >= 0.3 is 0 Å². The topological polar surface area (TPSA) is 53.4 Å². The van der Waals surface area contributed by atoms with Gasteiger partial charge in [0.05, 0.1) is 16.7 Å². The van der Waals surface area contributed by atoms with Crippen LogP contribution in [0, 0.1) is 0 Å². The summed E-state index contributed by atoms with van der Waals surface area (Å²) in [6, 6.07) is 13.3. The van der Waals surface area contributed by atoms with E-state index in [0.717, 1.165) is 37.2 Å². The fraction of sp³-hybridized carbons (Fsp3) is 0.0625. The van der Waals surface area contributed by atoms with Gasteiger partial charge in [-0.2, -0.15) is 0 Å². The van der Waals surface area contributed by atoms with Crippen LogP contribution in [0.2, 0.25) is 5.02 Å². The van der Waals surface area contributed by atoms with Crippen LogP contribution in [0.4, 0.5) is 11.5 Å². The van der Waals surface area contributed by atoms with Crippen LogP contribution in [-0.4, -0.2) is 22.2 Å². The molecule has 0 atom stereocenters. The van der Waals surface area contributed by atoms with Crippen LogP contribution >= 0.6 is 39.3 Å². The molecular weight excluding hydrogens is 410 g/mol. The number of nitrogens with zero attached hydrogens (tertiary/aromatic N) is 4.